The molecule has 1 unspecified atom stereocenters. The molecule has 0 aliphatic carbocycles. The second-order valence-corrected chi connectivity index (χ2v) is 4.49. The number of hydrogen-bond acceptors (Lipinski definition) is 3. The van der Waals surface area contributed by atoms with E-state index in [0.29, 0.717) is 5.75 Å². The maximum Gasteiger partial charge on any atom is 0.328 e. The van der Waals surface area contributed by atoms with E-state index in [9.17, 15) is 10.1 Å². The maximum absolute atomic E-state index is 10.6. The molecule has 4 nitrogen and oxygen atoms in total. The van der Waals surface area contributed by atoms with Crippen molar-refractivity contribution in [1.82, 2.24) is 0 Å². The van der Waals surface area contributed by atoms with Gasteiger partial charge in [0.25, 0.3) is 0 Å². The van der Waals surface area contributed by atoms with E-state index in [2.05, 4.69) is 13.0 Å². The highest BCUT2D eigenvalue weighted by atomic mass is 16.5. The molecule has 0 saturated heterocycles. The molecule has 0 aromatic heterocycles. The molecule has 0 radical (unpaired) electrons. The van der Waals surface area contributed by atoms with Gasteiger partial charge in [0.15, 0.2) is 0 Å². The summed E-state index contributed by atoms with van der Waals surface area (Å²) in [5.74, 6) is -0.587. The third-order valence-corrected chi connectivity index (χ3v) is 3.08. The molecular weight excluding hydrogens is 254 g/mol. The lowest BCUT2D eigenvalue weighted by molar-refractivity contribution is -0.131. The summed E-state index contributed by atoms with van der Waals surface area (Å²) in [5, 5.41) is 18.1. The summed E-state index contributed by atoms with van der Waals surface area (Å²) in [6.45, 7) is 2.07. The second kappa shape index (κ2) is 8.00. The smallest absolute Gasteiger partial charge is 0.328 e. The zero-order valence-electron chi connectivity index (χ0n) is 11.8. The Morgan fingerprint density at radius 2 is 2.30 bits per heavy atom. The monoisotopic (exact) mass is 273 g/mol. The molecule has 0 aliphatic rings. The number of rotatable bonds is 7. The van der Waals surface area contributed by atoms with Gasteiger partial charge in [0.05, 0.1) is 19.1 Å². The minimum atomic E-state index is -1.01. The van der Waals surface area contributed by atoms with Gasteiger partial charge >= 0.3 is 5.97 Å². The molecule has 4 heteroatoms. The number of carboxylic acid groups (broad SMARTS) is 1. The van der Waals surface area contributed by atoms with Crippen LogP contribution in [-0.2, 0) is 4.79 Å². The molecule has 0 saturated carbocycles. The fourth-order valence-electron chi connectivity index (χ4n) is 1.99. The van der Waals surface area contributed by atoms with Crippen molar-refractivity contribution in [2.45, 2.75) is 32.1 Å². The van der Waals surface area contributed by atoms with Crippen molar-refractivity contribution >= 4 is 12.0 Å². The van der Waals surface area contributed by atoms with Crippen molar-refractivity contribution in [1.29, 1.82) is 5.26 Å². The summed E-state index contributed by atoms with van der Waals surface area (Å²) in [4.78, 5) is 10.6. The molecular formula is C16H19NO3. The van der Waals surface area contributed by atoms with Gasteiger partial charge in [-0.05, 0) is 35.8 Å². The van der Waals surface area contributed by atoms with Gasteiger partial charge in [-0.2, -0.15) is 5.26 Å². The number of unbranched alkanes of at least 4 members (excludes halogenated alkanes) is 1. The summed E-state index contributed by atoms with van der Waals surface area (Å²) in [6, 6.07) is 7.65. The predicted molar refractivity (Wildman–Crippen MR) is 77.5 cm³/mol. The van der Waals surface area contributed by atoms with E-state index < -0.39 is 5.97 Å². The Labute approximate surface area is 119 Å². The fourth-order valence-corrected chi connectivity index (χ4v) is 1.99. The van der Waals surface area contributed by atoms with Crippen LogP contribution in [0.25, 0.3) is 6.08 Å². The lowest BCUT2D eigenvalue weighted by Crippen LogP contribution is -2.00. The van der Waals surface area contributed by atoms with Crippen LogP contribution in [0.2, 0.25) is 0 Å². The Morgan fingerprint density at radius 1 is 1.55 bits per heavy atom. The first-order valence-corrected chi connectivity index (χ1v) is 6.61. The number of nitriles is 1. The van der Waals surface area contributed by atoms with E-state index in [1.807, 2.05) is 6.07 Å². The molecule has 1 N–H and O–H groups in total. The first-order valence-electron chi connectivity index (χ1n) is 6.61. The summed E-state index contributed by atoms with van der Waals surface area (Å²) < 4.78 is 5.18. The fraction of sp³-hybridized carbons (Fsp3) is 0.375. The minimum Gasteiger partial charge on any atom is -0.497 e. The predicted octanol–water partition coefficient (Wildman–Crippen LogP) is 3.59. The average molecular weight is 273 g/mol. The van der Waals surface area contributed by atoms with Crippen LogP contribution in [0.4, 0.5) is 0 Å². The maximum atomic E-state index is 10.6. The molecule has 106 valence electrons. The Bertz CT molecular complexity index is 529. The van der Waals surface area contributed by atoms with Gasteiger partial charge in [0.2, 0.25) is 0 Å². The summed E-state index contributed by atoms with van der Waals surface area (Å²) in [5.41, 5.74) is 1.56. The zero-order chi connectivity index (χ0) is 15.0. The van der Waals surface area contributed by atoms with Crippen LogP contribution < -0.4 is 4.74 Å². The lowest BCUT2D eigenvalue weighted by atomic mass is 9.90. The largest absolute Gasteiger partial charge is 0.497 e. The van der Waals surface area contributed by atoms with Crippen molar-refractivity contribution in [3.8, 4) is 11.8 Å². The van der Waals surface area contributed by atoms with Crippen molar-refractivity contribution < 1.29 is 14.6 Å². The Balaban J connectivity index is 3.17. The Hall–Kier alpha value is -2.28. The molecule has 0 amide bonds. The summed E-state index contributed by atoms with van der Waals surface area (Å²) in [6.07, 6.45) is 5.33. The van der Waals surface area contributed by atoms with Crippen LogP contribution in [0, 0.1) is 11.3 Å². The Morgan fingerprint density at radius 3 is 2.85 bits per heavy atom. The van der Waals surface area contributed by atoms with E-state index in [1.54, 1.807) is 19.2 Å². The number of benzene rings is 1. The van der Waals surface area contributed by atoms with E-state index in [-0.39, 0.29) is 5.92 Å². The molecule has 1 atom stereocenters. The van der Waals surface area contributed by atoms with Gasteiger partial charge in [-0.25, -0.2) is 4.79 Å². The van der Waals surface area contributed by atoms with Gasteiger partial charge in [-0.15, -0.1) is 0 Å². The summed E-state index contributed by atoms with van der Waals surface area (Å²) >= 11 is 0. The lowest BCUT2D eigenvalue weighted by Gasteiger charge is -2.13. The number of nitrogens with zero attached hydrogens (tertiary/aromatic N) is 1. The first-order chi connectivity index (χ1) is 9.62. The van der Waals surface area contributed by atoms with E-state index in [4.69, 9.17) is 9.84 Å². The molecule has 0 aliphatic heterocycles. The normalized spacial score (nSPS) is 12.1. The molecule has 0 bridgehead atoms. The number of carboxylic acids is 1. The van der Waals surface area contributed by atoms with Gasteiger partial charge in [0.1, 0.15) is 5.75 Å². The highest BCUT2D eigenvalue weighted by Crippen LogP contribution is 2.29. The number of carbonyl (C=O) groups is 1. The van der Waals surface area contributed by atoms with E-state index >= 15 is 0 Å². The minimum absolute atomic E-state index is 0.251. The number of aliphatic carboxylic acids is 1. The van der Waals surface area contributed by atoms with Crippen LogP contribution in [0.15, 0.2) is 24.3 Å². The first kappa shape index (κ1) is 15.8. The van der Waals surface area contributed by atoms with Crippen molar-refractivity contribution in [3.05, 3.63) is 35.4 Å². The average Bonchev–Trinajstić information content (AvgIpc) is 2.46. The molecule has 20 heavy (non-hydrogen) atoms. The molecule has 1 aromatic rings. The van der Waals surface area contributed by atoms with E-state index in [0.717, 1.165) is 36.5 Å². The molecule has 1 aromatic carbocycles. The number of ether oxygens (including phenoxy) is 1. The zero-order valence-corrected chi connectivity index (χ0v) is 11.8. The summed E-state index contributed by atoms with van der Waals surface area (Å²) in [7, 11) is 1.57. The van der Waals surface area contributed by atoms with Crippen molar-refractivity contribution in [3.63, 3.8) is 0 Å². The van der Waals surface area contributed by atoms with E-state index in [1.165, 1.54) is 6.08 Å². The molecule has 0 heterocycles. The third kappa shape index (κ3) is 4.43. The van der Waals surface area contributed by atoms with Crippen LogP contribution in [0.3, 0.4) is 0 Å². The third-order valence-electron chi connectivity index (χ3n) is 3.08. The highest BCUT2D eigenvalue weighted by molar-refractivity contribution is 5.85. The van der Waals surface area contributed by atoms with Crippen LogP contribution in [0.1, 0.15) is 43.2 Å². The SMILES string of the molecule is CCCCC(C#N)c1cc(OC)ccc1/C=C/C(=O)O. The topological polar surface area (TPSA) is 70.3 Å². The van der Waals surface area contributed by atoms with Crippen molar-refractivity contribution in [2.24, 2.45) is 0 Å². The second-order valence-electron chi connectivity index (χ2n) is 4.49. The molecule has 0 spiro atoms. The van der Waals surface area contributed by atoms with Crippen molar-refractivity contribution in [2.75, 3.05) is 7.11 Å². The van der Waals surface area contributed by atoms with Gasteiger partial charge in [-0.1, -0.05) is 25.8 Å². The standard InChI is InChI=1S/C16H19NO3/c1-3-4-5-13(11-17)15-10-14(20-2)8-6-12(15)7-9-16(18)19/h6-10,13H,3-5H2,1-2H3,(H,18,19)/b9-7+. The Kier molecular flexibility index (Phi) is 6.31. The van der Waals surface area contributed by atoms with Crippen LogP contribution >= 0.6 is 0 Å². The number of hydrogen-bond donors (Lipinski definition) is 1. The molecule has 1 rings (SSSR count). The van der Waals surface area contributed by atoms with Gasteiger partial charge in [-0.3, -0.25) is 0 Å². The number of methoxy groups -OCH3 is 1. The highest BCUT2D eigenvalue weighted by Gasteiger charge is 2.14. The van der Waals surface area contributed by atoms with Crippen LogP contribution in [-0.4, -0.2) is 18.2 Å². The van der Waals surface area contributed by atoms with Gasteiger partial charge < -0.3 is 9.84 Å². The molecule has 0 fully saturated rings. The van der Waals surface area contributed by atoms with Crippen LogP contribution in [0.5, 0.6) is 5.75 Å². The quantitative estimate of drug-likeness (QED) is 0.771. The van der Waals surface area contributed by atoms with Gasteiger partial charge in [0, 0.05) is 6.08 Å².